The van der Waals surface area contributed by atoms with Gasteiger partial charge in [-0.3, -0.25) is 4.79 Å². The third-order valence-electron chi connectivity index (χ3n) is 2.43. The van der Waals surface area contributed by atoms with Gasteiger partial charge in [0.1, 0.15) is 5.76 Å². The second-order valence-electron chi connectivity index (χ2n) is 3.69. The number of benzene rings is 1. The number of halogens is 2. The molecule has 0 radical (unpaired) electrons. The zero-order valence-corrected chi connectivity index (χ0v) is 11.0. The lowest BCUT2D eigenvalue weighted by atomic mass is 10.2. The lowest BCUT2D eigenvalue weighted by molar-refractivity contribution is 0.0954. The molecular formula is C13H11Cl2NO2. The van der Waals surface area contributed by atoms with Crippen LogP contribution in [-0.2, 0) is 6.42 Å². The fourth-order valence-electron chi connectivity index (χ4n) is 1.53. The number of carbonyl (C=O) groups excluding carboxylic acids is 1. The van der Waals surface area contributed by atoms with E-state index in [-0.39, 0.29) is 10.9 Å². The molecule has 1 aromatic carbocycles. The van der Waals surface area contributed by atoms with E-state index in [1.54, 1.807) is 24.5 Å². The fraction of sp³-hybridized carbons (Fsp3) is 0.154. The van der Waals surface area contributed by atoms with Gasteiger partial charge in [-0.25, -0.2) is 0 Å². The van der Waals surface area contributed by atoms with Crippen LogP contribution in [0.15, 0.2) is 41.0 Å². The summed E-state index contributed by atoms with van der Waals surface area (Å²) in [6.07, 6.45) is 2.24. The maximum Gasteiger partial charge on any atom is 0.252 e. The van der Waals surface area contributed by atoms with Gasteiger partial charge in [0.15, 0.2) is 0 Å². The minimum Gasteiger partial charge on any atom is -0.469 e. The molecule has 0 spiro atoms. The molecule has 5 heteroatoms. The van der Waals surface area contributed by atoms with Crippen LogP contribution in [0.5, 0.6) is 0 Å². The highest BCUT2D eigenvalue weighted by molar-refractivity contribution is 6.43. The Morgan fingerprint density at radius 3 is 2.78 bits per heavy atom. The molecule has 2 aromatic rings. The lowest BCUT2D eigenvalue weighted by Gasteiger charge is -2.06. The first-order valence-electron chi connectivity index (χ1n) is 5.43. The fourth-order valence-corrected chi connectivity index (χ4v) is 1.91. The lowest BCUT2D eigenvalue weighted by Crippen LogP contribution is -2.25. The van der Waals surface area contributed by atoms with Crippen molar-refractivity contribution < 1.29 is 9.21 Å². The van der Waals surface area contributed by atoms with E-state index in [2.05, 4.69) is 5.32 Å². The average molecular weight is 284 g/mol. The van der Waals surface area contributed by atoms with Gasteiger partial charge in [-0.2, -0.15) is 0 Å². The summed E-state index contributed by atoms with van der Waals surface area (Å²) in [6.45, 7) is 0.481. The molecule has 0 unspecified atom stereocenters. The molecule has 0 aliphatic rings. The minimum absolute atomic E-state index is 0.242. The van der Waals surface area contributed by atoms with Crippen molar-refractivity contribution in [2.45, 2.75) is 6.42 Å². The molecular weight excluding hydrogens is 273 g/mol. The van der Waals surface area contributed by atoms with Gasteiger partial charge in [-0.15, -0.1) is 0 Å². The Balaban J connectivity index is 1.93. The summed E-state index contributed by atoms with van der Waals surface area (Å²) < 4.78 is 5.17. The topological polar surface area (TPSA) is 42.2 Å². The minimum atomic E-state index is -0.242. The second kappa shape index (κ2) is 5.94. The molecule has 94 valence electrons. The van der Waals surface area contributed by atoms with Crippen molar-refractivity contribution in [2.75, 3.05) is 6.54 Å². The van der Waals surface area contributed by atoms with Crippen molar-refractivity contribution in [1.82, 2.24) is 5.32 Å². The quantitative estimate of drug-likeness (QED) is 0.932. The highest BCUT2D eigenvalue weighted by atomic mass is 35.5. The largest absolute Gasteiger partial charge is 0.469 e. The van der Waals surface area contributed by atoms with Crippen LogP contribution >= 0.6 is 23.2 Å². The molecule has 0 fully saturated rings. The second-order valence-corrected chi connectivity index (χ2v) is 4.47. The monoisotopic (exact) mass is 283 g/mol. The van der Waals surface area contributed by atoms with Crippen molar-refractivity contribution in [3.05, 3.63) is 58.0 Å². The van der Waals surface area contributed by atoms with Crippen LogP contribution in [0, 0.1) is 0 Å². The van der Waals surface area contributed by atoms with Crippen molar-refractivity contribution in [3.63, 3.8) is 0 Å². The summed E-state index contributed by atoms with van der Waals surface area (Å²) in [5.41, 5.74) is 0.378. The summed E-state index contributed by atoms with van der Waals surface area (Å²) in [7, 11) is 0. The number of hydrogen-bond acceptors (Lipinski definition) is 2. The van der Waals surface area contributed by atoms with Crippen LogP contribution < -0.4 is 5.32 Å². The van der Waals surface area contributed by atoms with E-state index in [9.17, 15) is 4.79 Å². The number of nitrogens with one attached hydrogen (secondary N) is 1. The molecule has 1 N–H and O–H groups in total. The van der Waals surface area contributed by atoms with Gasteiger partial charge < -0.3 is 9.73 Å². The van der Waals surface area contributed by atoms with Crippen LogP contribution in [0.4, 0.5) is 0 Å². The van der Waals surface area contributed by atoms with Crippen LogP contribution in [-0.4, -0.2) is 12.5 Å². The van der Waals surface area contributed by atoms with Crippen LogP contribution in [0.3, 0.4) is 0 Å². The number of amides is 1. The Kier molecular flexibility index (Phi) is 4.28. The molecule has 3 nitrogen and oxygen atoms in total. The van der Waals surface area contributed by atoms with E-state index in [4.69, 9.17) is 27.6 Å². The number of rotatable bonds is 4. The summed E-state index contributed by atoms with van der Waals surface area (Å²) in [4.78, 5) is 11.9. The highest BCUT2D eigenvalue weighted by Crippen LogP contribution is 2.25. The van der Waals surface area contributed by atoms with E-state index in [1.165, 1.54) is 0 Å². The molecule has 0 saturated heterocycles. The average Bonchev–Trinajstić information content (AvgIpc) is 2.85. The first kappa shape index (κ1) is 13.0. The standard InChI is InChI=1S/C13H11Cl2NO2/c14-11-5-1-4-10(12(11)15)13(17)16-7-6-9-3-2-8-18-9/h1-5,8H,6-7H2,(H,16,17). The Morgan fingerprint density at radius 2 is 2.06 bits per heavy atom. The van der Waals surface area contributed by atoms with Gasteiger partial charge in [0.05, 0.1) is 21.9 Å². The molecule has 1 amide bonds. The smallest absolute Gasteiger partial charge is 0.252 e. The number of carbonyl (C=O) groups is 1. The zero-order chi connectivity index (χ0) is 13.0. The maximum atomic E-state index is 11.9. The van der Waals surface area contributed by atoms with E-state index in [1.807, 2.05) is 12.1 Å². The Labute approximate surface area is 115 Å². The van der Waals surface area contributed by atoms with Gasteiger partial charge in [0, 0.05) is 13.0 Å². The van der Waals surface area contributed by atoms with Crippen LogP contribution in [0.1, 0.15) is 16.1 Å². The van der Waals surface area contributed by atoms with Gasteiger partial charge in [0.25, 0.3) is 5.91 Å². The molecule has 0 aliphatic heterocycles. The summed E-state index contributed by atoms with van der Waals surface area (Å²) in [6, 6.07) is 8.64. The predicted molar refractivity (Wildman–Crippen MR) is 71.2 cm³/mol. The Bertz CT molecular complexity index is 538. The van der Waals surface area contributed by atoms with E-state index < -0.39 is 0 Å². The zero-order valence-electron chi connectivity index (χ0n) is 9.45. The third kappa shape index (κ3) is 3.06. The van der Waals surface area contributed by atoms with Crippen molar-refractivity contribution in [3.8, 4) is 0 Å². The first-order valence-corrected chi connectivity index (χ1v) is 6.18. The van der Waals surface area contributed by atoms with Crippen LogP contribution in [0.2, 0.25) is 10.0 Å². The summed E-state index contributed by atoms with van der Waals surface area (Å²) in [5, 5.41) is 3.41. The van der Waals surface area contributed by atoms with E-state index in [0.29, 0.717) is 23.6 Å². The summed E-state index contributed by atoms with van der Waals surface area (Å²) in [5.74, 6) is 0.585. The Hall–Kier alpha value is -1.45. The molecule has 0 aliphatic carbocycles. The van der Waals surface area contributed by atoms with E-state index in [0.717, 1.165) is 5.76 Å². The van der Waals surface area contributed by atoms with Crippen molar-refractivity contribution in [2.24, 2.45) is 0 Å². The molecule has 0 bridgehead atoms. The Morgan fingerprint density at radius 1 is 1.22 bits per heavy atom. The summed E-state index contributed by atoms with van der Waals surface area (Å²) >= 11 is 11.8. The molecule has 2 rings (SSSR count). The number of furan rings is 1. The first-order chi connectivity index (χ1) is 8.68. The van der Waals surface area contributed by atoms with Crippen molar-refractivity contribution in [1.29, 1.82) is 0 Å². The third-order valence-corrected chi connectivity index (χ3v) is 3.25. The van der Waals surface area contributed by atoms with Crippen LogP contribution in [0.25, 0.3) is 0 Å². The SMILES string of the molecule is O=C(NCCc1ccco1)c1cccc(Cl)c1Cl. The predicted octanol–water partition coefficient (Wildman–Crippen LogP) is 3.56. The molecule has 1 aromatic heterocycles. The van der Waals surface area contributed by atoms with Gasteiger partial charge in [-0.1, -0.05) is 29.3 Å². The molecule has 0 saturated carbocycles. The normalized spacial score (nSPS) is 10.3. The van der Waals surface area contributed by atoms with Gasteiger partial charge in [0.2, 0.25) is 0 Å². The molecule has 18 heavy (non-hydrogen) atoms. The highest BCUT2D eigenvalue weighted by Gasteiger charge is 2.11. The molecule has 1 heterocycles. The van der Waals surface area contributed by atoms with Gasteiger partial charge in [-0.05, 0) is 24.3 Å². The number of hydrogen-bond donors (Lipinski definition) is 1. The molecule has 0 atom stereocenters. The van der Waals surface area contributed by atoms with E-state index >= 15 is 0 Å². The van der Waals surface area contributed by atoms with Gasteiger partial charge >= 0.3 is 0 Å². The van der Waals surface area contributed by atoms with Crippen molar-refractivity contribution >= 4 is 29.1 Å². The maximum absolute atomic E-state index is 11.9.